The minimum atomic E-state index is 0.0598. The van der Waals surface area contributed by atoms with Gasteiger partial charge in [0.2, 0.25) is 5.91 Å². The maximum absolute atomic E-state index is 13.2. The second kappa shape index (κ2) is 7.48. The minimum Gasteiger partial charge on any atom is -0.381 e. The summed E-state index contributed by atoms with van der Waals surface area (Å²) < 4.78 is 7.51. The fourth-order valence-electron chi connectivity index (χ4n) is 5.72. The van der Waals surface area contributed by atoms with Crippen molar-refractivity contribution in [1.29, 1.82) is 0 Å². The molecule has 1 spiro atoms. The first-order chi connectivity index (χ1) is 15.1. The van der Waals surface area contributed by atoms with Crippen LogP contribution in [-0.4, -0.2) is 85.7 Å². The number of carbonyl (C=O) groups excluding carboxylic acids is 1. The van der Waals surface area contributed by atoms with Gasteiger partial charge in [-0.05, 0) is 43.1 Å². The maximum Gasteiger partial charge on any atom is 0.229 e. The van der Waals surface area contributed by atoms with Gasteiger partial charge in [0.05, 0.1) is 18.2 Å². The molecule has 3 saturated heterocycles. The average molecular weight is 420 g/mol. The Morgan fingerprint density at radius 2 is 2.00 bits per heavy atom. The third kappa shape index (κ3) is 3.24. The molecule has 6 heterocycles. The van der Waals surface area contributed by atoms with Crippen LogP contribution in [0.4, 0.5) is 5.82 Å². The van der Waals surface area contributed by atoms with E-state index in [1.165, 1.54) is 5.56 Å². The van der Waals surface area contributed by atoms with Gasteiger partial charge < -0.3 is 19.9 Å². The first kappa shape index (κ1) is 19.6. The van der Waals surface area contributed by atoms with Gasteiger partial charge >= 0.3 is 0 Å². The number of carbonyl (C=O) groups is 1. The molecule has 2 radical (unpaired) electrons. The first-order valence-corrected chi connectivity index (χ1v) is 11.6. The van der Waals surface area contributed by atoms with Crippen molar-refractivity contribution < 1.29 is 9.53 Å². The molecule has 1 N–H and O–H groups in total. The summed E-state index contributed by atoms with van der Waals surface area (Å²) in [4.78, 5) is 22.4. The highest BCUT2D eigenvalue weighted by Crippen LogP contribution is 2.40. The lowest BCUT2D eigenvalue weighted by molar-refractivity contribution is -0.138. The van der Waals surface area contributed by atoms with E-state index in [-0.39, 0.29) is 5.92 Å². The predicted octanol–water partition coefficient (Wildman–Crippen LogP) is -0.323. The maximum atomic E-state index is 13.2. The van der Waals surface area contributed by atoms with Gasteiger partial charge in [0.1, 0.15) is 13.7 Å². The second-order valence-corrected chi connectivity index (χ2v) is 9.68. The topological polar surface area (TPSA) is 75.0 Å². The zero-order chi connectivity index (χ0) is 21.0. The number of nitrogens with zero attached hydrogens (tertiary/aromatic N) is 5. The van der Waals surface area contributed by atoms with Crippen molar-refractivity contribution in [2.45, 2.75) is 32.1 Å². The first-order valence-electron chi connectivity index (χ1n) is 11.6. The Morgan fingerprint density at radius 1 is 1.19 bits per heavy atom. The van der Waals surface area contributed by atoms with Crippen molar-refractivity contribution in [3.63, 3.8) is 0 Å². The Balaban J connectivity index is 1.19. The zero-order valence-corrected chi connectivity index (χ0v) is 18.0. The number of hydrogen-bond acceptors (Lipinski definition) is 6. The predicted molar refractivity (Wildman–Crippen MR) is 118 cm³/mol. The van der Waals surface area contributed by atoms with Crippen LogP contribution in [0, 0.1) is 11.3 Å². The highest BCUT2D eigenvalue weighted by molar-refractivity contribution is 6.36. The number of fused-ring (bicyclic) bond motifs is 2. The van der Waals surface area contributed by atoms with Crippen molar-refractivity contribution >= 4 is 30.7 Å². The summed E-state index contributed by atoms with van der Waals surface area (Å²) in [5.74, 6) is 1.44. The van der Waals surface area contributed by atoms with Crippen LogP contribution in [0.3, 0.4) is 0 Å². The van der Waals surface area contributed by atoms with E-state index in [1.54, 1.807) is 6.20 Å². The smallest absolute Gasteiger partial charge is 0.229 e. The number of hydrogen-bond donors (Lipinski definition) is 1. The van der Waals surface area contributed by atoms with E-state index in [0.29, 0.717) is 16.8 Å². The fraction of sp³-hybridized carbons (Fsp3) is 0.682. The molecule has 0 aliphatic carbocycles. The third-order valence-electron chi connectivity index (χ3n) is 7.77. The highest BCUT2D eigenvalue weighted by atomic mass is 16.5. The summed E-state index contributed by atoms with van der Waals surface area (Å²) in [6, 6.07) is 0. The summed E-state index contributed by atoms with van der Waals surface area (Å²) in [6.45, 7) is 6.82. The van der Waals surface area contributed by atoms with E-state index in [1.807, 2.05) is 4.52 Å². The van der Waals surface area contributed by atoms with Crippen molar-refractivity contribution in [3.05, 3.63) is 17.5 Å². The van der Waals surface area contributed by atoms with Gasteiger partial charge in [-0.2, -0.15) is 9.61 Å². The molecule has 162 valence electrons. The molecule has 2 aromatic rings. The molecule has 31 heavy (non-hydrogen) atoms. The van der Waals surface area contributed by atoms with Gasteiger partial charge in [-0.3, -0.25) is 4.79 Å². The number of anilines is 1. The highest BCUT2D eigenvalue weighted by Gasteiger charge is 2.43. The number of piperidine rings is 1. The van der Waals surface area contributed by atoms with Gasteiger partial charge in [-0.25, -0.2) is 4.98 Å². The molecular weight excluding hydrogens is 391 g/mol. The van der Waals surface area contributed by atoms with Crippen LogP contribution in [0.5, 0.6) is 0 Å². The van der Waals surface area contributed by atoms with Gasteiger partial charge in [-0.15, -0.1) is 0 Å². The molecule has 4 aliphatic rings. The molecule has 0 unspecified atom stereocenters. The molecule has 3 fully saturated rings. The number of amides is 1. The van der Waals surface area contributed by atoms with E-state index in [2.05, 4.69) is 20.2 Å². The van der Waals surface area contributed by atoms with Crippen molar-refractivity contribution in [2.75, 3.05) is 57.4 Å². The summed E-state index contributed by atoms with van der Waals surface area (Å²) in [7, 11) is 6.15. The monoisotopic (exact) mass is 420 g/mol. The molecular formula is C22H29BN6O2. The van der Waals surface area contributed by atoms with Crippen LogP contribution in [-0.2, 0) is 22.4 Å². The number of ether oxygens (including phenoxy) is 1. The average Bonchev–Trinajstić information content (AvgIpc) is 3.26. The van der Waals surface area contributed by atoms with Crippen molar-refractivity contribution in [1.82, 2.24) is 24.8 Å². The van der Waals surface area contributed by atoms with E-state index in [9.17, 15) is 4.79 Å². The summed E-state index contributed by atoms with van der Waals surface area (Å²) in [5, 5.41) is 7.98. The zero-order valence-electron chi connectivity index (χ0n) is 18.0. The van der Waals surface area contributed by atoms with E-state index >= 15 is 0 Å². The molecule has 0 bridgehead atoms. The van der Waals surface area contributed by atoms with Crippen molar-refractivity contribution in [2.24, 2.45) is 11.3 Å². The summed E-state index contributed by atoms with van der Waals surface area (Å²) in [6.07, 6.45) is 6.79. The number of likely N-dealkylation sites (tertiary alicyclic amines) is 1. The van der Waals surface area contributed by atoms with E-state index in [0.717, 1.165) is 102 Å². The lowest BCUT2D eigenvalue weighted by atomic mass is 9.77. The molecule has 0 atom stereocenters. The van der Waals surface area contributed by atoms with Gasteiger partial charge in [0, 0.05) is 57.5 Å². The van der Waals surface area contributed by atoms with Gasteiger partial charge in [0.25, 0.3) is 0 Å². The van der Waals surface area contributed by atoms with Crippen LogP contribution in [0.1, 0.15) is 30.5 Å². The van der Waals surface area contributed by atoms with Gasteiger partial charge in [0.15, 0.2) is 5.65 Å². The lowest BCUT2D eigenvalue weighted by Crippen LogP contribution is -2.57. The molecule has 1 amide bonds. The Hall–Kier alpha value is -2.13. The lowest BCUT2D eigenvalue weighted by Gasteiger charge is -2.45. The minimum absolute atomic E-state index is 0.0598. The number of rotatable bonds is 2. The number of aromatic nitrogens is 3. The molecule has 4 aliphatic heterocycles. The molecule has 0 saturated carbocycles. The van der Waals surface area contributed by atoms with Crippen LogP contribution in [0.2, 0.25) is 0 Å². The SMILES string of the molecule is [B]c1cnn2c(N3CC(C(=O)N4CCC5(CCOC5)CC4)C3)c3c(nc12)CCNCC3. The molecule has 9 heteroatoms. The van der Waals surface area contributed by atoms with Crippen LogP contribution in [0.25, 0.3) is 5.65 Å². The van der Waals surface area contributed by atoms with E-state index in [4.69, 9.17) is 17.6 Å². The van der Waals surface area contributed by atoms with Crippen LogP contribution >= 0.6 is 0 Å². The Morgan fingerprint density at radius 3 is 2.77 bits per heavy atom. The summed E-state index contributed by atoms with van der Waals surface area (Å²) in [5.41, 5.74) is 4.01. The Labute approximate surface area is 183 Å². The number of nitrogens with one attached hydrogen (secondary N) is 1. The molecule has 2 aromatic heterocycles. The second-order valence-electron chi connectivity index (χ2n) is 9.68. The standard InChI is InChI=1S/C22H29BN6O2/c23-17-11-25-29-19(17)26-18-2-7-24-6-1-16(18)20(29)28-12-15(13-28)21(30)27-8-3-22(4-9-27)5-10-31-14-22/h11,15,24H,1-10,12-14H2. The van der Waals surface area contributed by atoms with Crippen LogP contribution in [0.15, 0.2) is 6.20 Å². The Bertz CT molecular complexity index is 1000. The summed E-state index contributed by atoms with van der Waals surface area (Å²) >= 11 is 0. The third-order valence-corrected chi connectivity index (χ3v) is 7.77. The fourth-order valence-corrected chi connectivity index (χ4v) is 5.72. The quantitative estimate of drug-likeness (QED) is 0.672. The van der Waals surface area contributed by atoms with Crippen molar-refractivity contribution in [3.8, 4) is 0 Å². The molecule has 0 aromatic carbocycles. The van der Waals surface area contributed by atoms with Crippen LogP contribution < -0.4 is 15.7 Å². The largest absolute Gasteiger partial charge is 0.381 e. The molecule has 6 rings (SSSR count). The Kier molecular flexibility index (Phi) is 4.72. The van der Waals surface area contributed by atoms with Gasteiger partial charge in [-0.1, -0.05) is 0 Å². The molecule has 8 nitrogen and oxygen atoms in total. The normalized spacial score (nSPS) is 23.7. The van der Waals surface area contributed by atoms with E-state index < -0.39 is 0 Å².